The normalized spacial score (nSPS) is 9.33. The minimum absolute atomic E-state index is 0.302. The zero-order valence-electron chi connectivity index (χ0n) is 6.42. The van der Waals surface area contributed by atoms with Gasteiger partial charge in [-0.15, -0.1) is 0 Å². The van der Waals surface area contributed by atoms with Gasteiger partial charge in [0.15, 0.2) is 0 Å². The van der Waals surface area contributed by atoms with Crippen LogP contribution in [0.25, 0.3) is 0 Å². The van der Waals surface area contributed by atoms with E-state index in [1.807, 2.05) is 12.1 Å². The van der Waals surface area contributed by atoms with E-state index in [9.17, 15) is 5.11 Å². The lowest BCUT2D eigenvalue weighted by molar-refractivity contribution is 0.471. The van der Waals surface area contributed by atoms with Crippen LogP contribution in [0, 0.1) is 14.9 Å². The summed E-state index contributed by atoms with van der Waals surface area (Å²) in [5, 5.41) is 17.5. The molecule has 0 unspecified atom stereocenters. The largest absolute Gasteiger partial charge is 0.507 e. The highest BCUT2D eigenvalue weighted by atomic mass is 125. The second-order valence-corrected chi connectivity index (χ2v) is 3.61. The van der Waals surface area contributed by atoms with E-state index >= 15 is 0 Å². The van der Waals surface area contributed by atoms with E-state index in [-0.39, 0.29) is 0 Å². The summed E-state index contributed by atoms with van der Waals surface area (Å²) in [6, 6.07) is 7.48. The Kier molecular flexibility index (Phi) is 3.35. The summed E-state index contributed by atoms with van der Waals surface area (Å²) in [6.45, 7) is 0. The number of nitrogens with zero attached hydrogens (tertiary/aromatic N) is 1. The van der Waals surface area contributed by atoms with Gasteiger partial charge in [0, 0.05) is 6.42 Å². The number of rotatable bonds is 2. The van der Waals surface area contributed by atoms with Crippen molar-refractivity contribution in [1.29, 1.82) is 5.26 Å². The molecule has 0 radical (unpaired) electrons. The molecular weight excluding hydrogens is 263 g/mol. The molecule has 0 aliphatic rings. The number of phenolic OH excluding ortho intramolecular Hbond substituents is 1. The van der Waals surface area contributed by atoms with Gasteiger partial charge >= 0.3 is 0 Å². The zero-order chi connectivity index (χ0) is 8.97. The fourth-order valence-corrected chi connectivity index (χ4v) is 1.49. The summed E-state index contributed by atoms with van der Waals surface area (Å²) >= 11 is 2.07. The van der Waals surface area contributed by atoms with E-state index < -0.39 is 0 Å². The Morgan fingerprint density at radius 3 is 2.83 bits per heavy atom. The third kappa shape index (κ3) is 2.38. The van der Waals surface area contributed by atoms with Crippen molar-refractivity contribution in [1.82, 2.24) is 0 Å². The van der Waals surface area contributed by atoms with Gasteiger partial charge in [0.05, 0.1) is 9.64 Å². The Hall–Kier alpha value is -0.760. The number of hydrogen-bond acceptors (Lipinski definition) is 2. The van der Waals surface area contributed by atoms with Crippen LogP contribution in [-0.2, 0) is 6.42 Å². The molecule has 1 N–H and O–H groups in total. The van der Waals surface area contributed by atoms with Gasteiger partial charge in [-0.25, -0.2) is 0 Å². The molecule has 1 aromatic rings. The first kappa shape index (κ1) is 9.33. The fourth-order valence-electron chi connectivity index (χ4n) is 0.906. The Morgan fingerprint density at radius 1 is 1.50 bits per heavy atom. The summed E-state index contributed by atoms with van der Waals surface area (Å²) in [7, 11) is 0. The van der Waals surface area contributed by atoms with E-state index in [0.717, 1.165) is 15.6 Å². The highest BCUT2D eigenvalue weighted by molar-refractivity contribution is 14.1. The van der Waals surface area contributed by atoms with E-state index in [1.54, 1.807) is 6.07 Å². The Labute approximate surface area is 85.0 Å². The zero-order valence-corrected chi connectivity index (χ0v) is 8.58. The predicted octanol–water partition coefficient (Wildman–Crippen LogP) is 2.45. The number of phenols is 1. The van der Waals surface area contributed by atoms with Gasteiger partial charge in [-0.3, -0.25) is 0 Å². The molecular formula is C9H8INO. The van der Waals surface area contributed by atoms with Crippen molar-refractivity contribution >= 4 is 22.6 Å². The van der Waals surface area contributed by atoms with Gasteiger partial charge in [0.25, 0.3) is 0 Å². The van der Waals surface area contributed by atoms with Gasteiger partial charge < -0.3 is 5.11 Å². The molecule has 0 spiro atoms. The lowest BCUT2D eigenvalue weighted by Crippen LogP contribution is -1.84. The summed E-state index contributed by atoms with van der Waals surface area (Å²) in [4.78, 5) is 0. The highest BCUT2D eigenvalue weighted by Crippen LogP contribution is 2.20. The van der Waals surface area contributed by atoms with Crippen LogP contribution in [0.15, 0.2) is 18.2 Å². The number of halogens is 1. The molecule has 0 aromatic heterocycles. The number of aromatic hydroxyl groups is 1. The molecule has 0 saturated carbocycles. The maximum atomic E-state index is 9.20. The molecule has 1 rings (SSSR count). The minimum atomic E-state index is 0.302. The molecule has 0 fully saturated rings. The minimum Gasteiger partial charge on any atom is -0.507 e. The Bertz CT molecular complexity index is 317. The third-order valence-electron chi connectivity index (χ3n) is 1.54. The van der Waals surface area contributed by atoms with Crippen molar-refractivity contribution in [3.05, 3.63) is 27.3 Å². The van der Waals surface area contributed by atoms with Crippen LogP contribution in [0.2, 0.25) is 0 Å². The standard InChI is InChI=1S/C9H8INO/c10-8-6-7(2-1-5-11)3-4-9(8)12/h3-4,6,12H,1-2H2/i10-2. The molecule has 0 atom stereocenters. The van der Waals surface area contributed by atoms with E-state index in [0.29, 0.717) is 12.2 Å². The van der Waals surface area contributed by atoms with Crippen LogP contribution < -0.4 is 0 Å². The fraction of sp³-hybridized carbons (Fsp3) is 0.222. The van der Waals surface area contributed by atoms with Crippen molar-refractivity contribution in [3.63, 3.8) is 0 Å². The molecule has 0 heterocycles. The number of aryl methyl sites for hydroxylation is 1. The van der Waals surface area contributed by atoms with E-state index in [1.165, 1.54) is 0 Å². The monoisotopic (exact) mass is 271 g/mol. The summed E-state index contributed by atoms with van der Waals surface area (Å²) in [6.07, 6.45) is 1.29. The van der Waals surface area contributed by atoms with Gasteiger partial charge in [0.1, 0.15) is 5.75 Å². The van der Waals surface area contributed by atoms with Crippen LogP contribution in [0.3, 0.4) is 0 Å². The molecule has 0 aliphatic heterocycles. The van der Waals surface area contributed by atoms with E-state index in [4.69, 9.17) is 5.26 Å². The SMILES string of the molecule is N#CCCc1ccc(O)c([125I])c1. The van der Waals surface area contributed by atoms with Crippen molar-refractivity contribution in [2.75, 3.05) is 0 Å². The van der Waals surface area contributed by atoms with Crippen LogP contribution >= 0.6 is 22.6 Å². The van der Waals surface area contributed by atoms with Gasteiger partial charge in [0.2, 0.25) is 0 Å². The second kappa shape index (κ2) is 4.31. The first-order valence-corrected chi connectivity index (χ1v) is 4.66. The predicted molar refractivity (Wildman–Crippen MR) is 54.8 cm³/mol. The number of hydrogen-bond donors (Lipinski definition) is 1. The highest BCUT2D eigenvalue weighted by Gasteiger charge is 1.98. The molecule has 2 nitrogen and oxygen atoms in total. The van der Waals surface area contributed by atoms with Crippen LogP contribution in [-0.4, -0.2) is 5.11 Å². The van der Waals surface area contributed by atoms with Crippen molar-refractivity contribution in [2.45, 2.75) is 12.8 Å². The number of benzene rings is 1. The lowest BCUT2D eigenvalue weighted by Gasteiger charge is -1.99. The average molecular weight is 271 g/mol. The quantitative estimate of drug-likeness (QED) is 0.839. The molecule has 12 heavy (non-hydrogen) atoms. The van der Waals surface area contributed by atoms with Gasteiger partial charge in [-0.1, -0.05) is 6.07 Å². The second-order valence-electron chi connectivity index (χ2n) is 2.44. The first-order valence-electron chi connectivity index (χ1n) is 3.58. The number of nitriles is 1. The molecule has 0 saturated heterocycles. The lowest BCUT2D eigenvalue weighted by atomic mass is 10.1. The molecule has 0 aliphatic carbocycles. The first-order chi connectivity index (χ1) is 5.74. The summed E-state index contributed by atoms with van der Waals surface area (Å²) < 4.78 is 0.836. The topological polar surface area (TPSA) is 44.0 Å². The van der Waals surface area contributed by atoms with Crippen molar-refractivity contribution in [2.24, 2.45) is 0 Å². The summed E-state index contributed by atoms with van der Waals surface area (Å²) in [5.74, 6) is 0.302. The maximum Gasteiger partial charge on any atom is 0.128 e. The summed E-state index contributed by atoms with van der Waals surface area (Å²) in [5.41, 5.74) is 1.10. The van der Waals surface area contributed by atoms with Crippen LogP contribution in [0.1, 0.15) is 12.0 Å². The smallest absolute Gasteiger partial charge is 0.128 e. The maximum absolute atomic E-state index is 9.20. The average Bonchev–Trinajstić information content (AvgIpc) is 2.07. The molecule has 1 aromatic carbocycles. The van der Waals surface area contributed by atoms with E-state index in [2.05, 4.69) is 28.7 Å². The Morgan fingerprint density at radius 2 is 2.25 bits per heavy atom. The molecule has 62 valence electrons. The van der Waals surface area contributed by atoms with Gasteiger partial charge in [-0.2, -0.15) is 5.26 Å². The van der Waals surface area contributed by atoms with Crippen molar-refractivity contribution in [3.8, 4) is 11.8 Å². The van der Waals surface area contributed by atoms with Crippen LogP contribution in [0.5, 0.6) is 5.75 Å². The van der Waals surface area contributed by atoms with Crippen molar-refractivity contribution < 1.29 is 5.11 Å². The van der Waals surface area contributed by atoms with Gasteiger partial charge in [-0.05, 0) is 46.7 Å². The van der Waals surface area contributed by atoms with Crippen LogP contribution in [0.4, 0.5) is 0 Å². The molecule has 0 bridgehead atoms. The molecule has 0 amide bonds. The third-order valence-corrected chi connectivity index (χ3v) is 2.40. The molecule has 3 heteroatoms. The Balaban J connectivity index is 2.77.